The van der Waals surface area contributed by atoms with Crippen LogP contribution in [0.25, 0.3) is 0 Å². The van der Waals surface area contributed by atoms with Gasteiger partial charge in [-0.3, -0.25) is 14.5 Å². The maximum atomic E-state index is 13.2. The van der Waals surface area contributed by atoms with Gasteiger partial charge in [0.25, 0.3) is 11.8 Å². The molecule has 0 radical (unpaired) electrons. The molecule has 1 N–H and O–H groups in total. The van der Waals surface area contributed by atoms with Gasteiger partial charge in [-0.15, -0.1) is 0 Å². The Labute approximate surface area is 179 Å². The summed E-state index contributed by atoms with van der Waals surface area (Å²) < 4.78 is 5.13. The summed E-state index contributed by atoms with van der Waals surface area (Å²) in [4.78, 5) is 41.6. The average Bonchev–Trinajstić information content (AvgIpc) is 2.97. The smallest absolute Gasteiger partial charge is 0.325 e. The van der Waals surface area contributed by atoms with Crippen LogP contribution in [0.2, 0.25) is 5.02 Å². The molecule has 1 spiro atoms. The van der Waals surface area contributed by atoms with Crippen LogP contribution in [-0.2, 0) is 11.3 Å². The fourth-order valence-corrected chi connectivity index (χ4v) is 4.27. The standard InChI is InChI=1S/C22H22ClN3O4/c1-30-18-8-6-16(7-9-18)19(27)25-11-3-10-22(14-25)20(28)26(21(29)24-22)13-15-4-2-5-17(23)12-15/h2,4-9,12H,3,10-11,13-14H2,1H3,(H,24,29)/t22-/m0/s1. The first-order chi connectivity index (χ1) is 14.4. The quantitative estimate of drug-likeness (QED) is 0.760. The lowest BCUT2D eigenvalue weighted by atomic mass is 9.88. The van der Waals surface area contributed by atoms with Gasteiger partial charge in [0.05, 0.1) is 20.2 Å². The van der Waals surface area contributed by atoms with Gasteiger partial charge in [0, 0.05) is 17.1 Å². The van der Waals surface area contributed by atoms with Crippen molar-refractivity contribution in [2.24, 2.45) is 0 Å². The highest BCUT2D eigenvalue weighted by Crippen LogP contribution is 2.30. The lowest BCUT2D eigenvalue weighted by molar-refractivity contribution is -0.133. The van der Waals surface area contributed by atoms with Gasteiger partial charge in [0.15, 0.2) is 0 Å². The number of amides is 4. The monoisotopic (exact) mass is 427 g/mol. The van der Waals surface area contributed by atoms with E-state index < -0.39 is 11.6 Å². The van der Waals surface area contributed by atoms with E-state index in [-0.39, 0.29) is 24.9 Å². The molecule has 2 heterocycles. The Morgan fingerprint density at radius 3 is 2.67 bits per heavy atom. The molecule has 2 aliphatic heterocycles. The minimum Gasteiger partial charge on any atom is -0.497 e. The number of carbonyl (C=O) groups excluding carboxylic acids is 3. The van der Waals surface area contributed by atoms with E-state index in [9.17, 15) is 14.4 Å². The van der Waals surface area contributed by atoms with E-state index in [2.05, 4.69) is 5.32 Å². The second-order valence-electron chi connectivity index (χ2n) is 7.59. The van der Waals surface area contributed by atoms with E-state index >= 15 is 0 Å². The Bertz CT molecular complexity index is 994. The van der Waals surface area contributed by atoms with Crippen molar-refractivity contribution < 1.29 is 19.1 Å². The minimum atomic E-state index is -1.09. The summed E-state index contributed by atoms with van der Waals surface area (Å²) in [5.41, 5.74) is 0.196. The molecule has 4 rings (SSSR count). The number of hydrogen-bond donors (Lipinski definition) is 1. The molecule has 30 heavy (non-hydrogen) atoms. The van der Waals surface area contributed by atoms with E-state index in [0.29, 0.717) is 35.7 Å². The number of nitrogens with one attached hydrogen (secondary N) is 1. The van der Waals surface area contributed by atoms with Crippen LogP contribution in [0.4, 0.5) is 4.79 Å². The van der Waals surface area contributed by atoms with Crippen LogP contribution in [0.15, 0.2) is 48.5 Å². The van der Waals surface area contributed by atoms with Gasteiger partial charge in [-0.05, 0) is 54.8 Å². The Morgan fingerprint density at radius 1 is 1.20 bits per heavy atom. The van der Waals surface area contributed by atoms with Gasteiger partial charge < -0.3 is 15.0 Å². The van der Waals surface area contributed by atoms with Crippen LogP contribution < -0.4 is 10.1 Å². The zero-order valence-corrected chi connectivity index (χ0v) is 17.3. The number of rotatable bonds is 4. The summed E-state index contributed by atoms with van der Waals surface area (Å²) in [7, 11) is 1.56. The van der Waals surface area contributed by atoms with Crippen LogP contribution in [0.5, 0.6) is 5.75 Å². The topological polar surface area (TPSA) is 79.0 Å². The molecule has 7 nitrogen and oxygen atoms in total. The van der Waals surface area contributed by atoms with E-state index in [1.54, 1.807) is 54.5 Å². The largest absolute Gasteiger partial charge is 0.497 e. The molecule has 2 aromatic carbocycles. The predicted octanol–water partition coefficient (Wildman–Crippen LogP) is 3.08. The van der Waals surface area contributed by atoms with Crippen molar-refractivity contribution in [3.63, 3.8) is 0 Å². The van der Waals surface area contributed by atoms with Crippen LogP contribution in [0.3, 0.4) is 0 Å². The average molecular weight is 428 g/mol. The van der Waals surface area contributed by atoms with Crippen LogP contribution in [-0.4, -0.2) is 53.4 Å². The molecule has 0 unspecified atom stereocenters. The van der Waals surface area contributed by atoms with E-state index in [0.717, 1.165) is 5.56 Å². The SMILES string of the molecule is COc1ccc(C(=O)N2CCC[C@@]3(C2)NC(=O)N(Cc2cccc(Cl)c2)C3=O)cc1. The van der Waals surface area contributed by atoms with Gasteiger partial charge in [-0.2, -0.15) is 0 Å². The molecule has 0 aromatic heterocycles. The Kier molecular flexibility index (Phi) is 5.39. The van der Waals surface area contributed by atoms with Crippen LogP contribution in [0, 0.1) is 0 Å². The Balaban J connectivity index is 1.51. The second kappa shape index (κ2) is 7.99. The lowest BCUT2D eigenvalue weighted by Crippen LogP contribution is -2.59. The van der Waals surface area contributed by atoms with E-state index in [1.807, 2.05) is 6.07 Å². The number of nitrogens with zero attached hydrogens (tertiary/aromatic N) is 2. The number of piperidine rings is 1. The maximum absolute atomic E-state index is 13.2. The lowest BCUT2D eigenvalue weighted by Gasteiger charge is -2.38. The zero-order valence-electron chi connectivity index (χ0n) is 16.6. The minimum absolute atomic E-state index is 0.138. The van der Waals surface area contributed by atoms with Crippen molar-refractivity contribution in [1.29, 1.82) is 0 Å². The van der Waals surface area contributed by atoms with Gasteiger partial charge in [0.1, 0.15) is 11.3 Å². The van der Waals surface area contributed by atoms with Crippen LogP contribution in [0.1, 0.15) is 28.8 Å². The number of ether oxygens (including phenoxy) is 1. The predicted molar refractivity (Wildman–Crippen MR) is 111 cm³/mol. The second-order valence-corrected chi connectivity index (χ2v) is 8.03. The number of methoxy groups -OCH3 is 1. The highest BCUT2D eigenvalue weighted by atomic mass is 35.5. The number of carbonyl (C=O) groups is 3. The summed E-state index contributed by atoms with van der Waals surface area (Å²) in [5, 5.41) is 3.39. The van der Waals surface area contributed by atoms with E-state index in [4.69, 9.17) is 16.3 Å². The number of likely N-dealkylation sites (tertiary alicyclic amines) is 1. The summed E-state index contributed by atoms with van der Waals surface area (Å²) in [6.45, 7) is 0.817. The third-order valence-corrected chi connectivity index (χ3v) is 5.83. The number of urea groups is 1. The highest BCUT2D eigenvalue weighted by molar-refractivity contribution is 6.30. The van der Waals surface area contributed by atoms with Crippen molar-refractivity contribution in [2.75, 3.05) is 20.2 Å². The van der Waals surface area contributed by atoms with Crippen molar-refractivity contribution in [2.45, 2.75) is 24.9 Å². The summed E-state index contributed by atoms with van der Waals surface area (Å²) in [6.07, 6.45) is 1.12. The number of halogens is 1. The number of imide groups is 1. The first kappa shape index (κ1) is 20.2. The van der Waals surface area contributed by atoms with Gasteiger partial charge >= 0.3 is 6.03 Å². The van der Waals surface area contributed by atoms with Crippen molar-refractivity contribution in [3.8, 4) is 5.75 Å². The van der Waals surface area contributed by atoms with Gasteiger partial charge in [-0.25, -0.2) is 4.79 Å². The molecule has 0 bridgehead atoms. The first-order valence-corrected chi connectivity index (χ1v) is 10.1. The molecule has 0 saturated carbocycles. The van der Waals surface area contributed by atoms with Crippen molar-refractivity contribution >= 4 is 29.4 Å². The molecule has 2 saturated heterocycles. The van der Waals surface area contributed by atoms with Gasteiger partial charge in [0.2, 0.25) is 0 Å². The summed E-state index contributed by atoms with van der Waals surface area (Å²) in [6, 6.07) is 13.5. The molecule has 2 aliphatic rings. The van der Waals surface area contributed by atoms with Gasteiger partial charge in [-0.1, -0.05) is 23.7 Å². The molecule has 2 aromatic rings. The zero-order chi connectivity index (χ0) is 21.3. The summed E-state index contributed by atoms with van der Waals surface area (Å²) in [5.74, 6) is 0.184. The number of benzene rings is 2. The Morgan fingerprint density at radius 2 is 1.97 bits per heavy atom. The molecule has 2 fully saturated rings. The van der Waals surface area contributed by atoms with Crippen molar-refractivity contribution in [3.05, 3.63) is 64.7 Å². The summed E-state index contributed by atoms with van der Waals surface area (Å²) >= 11 is 6.02. The molecular formula is C22H22ClN3O4. The first-order valence-electron chi connectivity index (χ1n) is 9.74. The normalized spacial score (nSPS) is 21.1. The third-order valence-electron chi connectivity index (χ3n) is 5.59. The highest BCUT2D eigenvalue weighted by Gasteiger charge is 2.53. The third kappa shape index (κ3) is 3.73. The fraction of sp³-hybridized carbons (Fsp3) is 0.318. The Hall–Kier alpha value is -3.06. The molecule has 156 valence electrons. The molecule has 8 heteroatoms. The molecule has 0 aliphatic carbocycles. The van der Waals surface area contributed by atoms with Crippen LogP contribution >= 0.6 is 11.6 Å². The molecular weight excluding hydrogens is 406 g/mol. The van der Waals surface area contributed by atoms with E-state index in [1.165, 1.54) is 4.90 Å². The fourth-order valence-electron chi connectivity index (χ4n) is 4.06. The number of hydrogen-bond acceptors (Lipinski definition) is 4. The molecule has 4 amide bonds. The maximum Gasteiger partial charge on any atom is 0.325 e. The molecule has 1 atom stereocenters. The van der Waals surface area contributed by atoms with Crippen molar-refractivity contribution in [1.82, 2.24) is 15.1 Å².